The predicted molar refractivity (Wildman–Crippen MR) is 77.0 cm³/mol. The zero-order valence-electron chi connectivity index (χ0n) is 12.4. The molecule has 1 aromatic rings. The molecule has 0 aromatic heterocycles. The van der Waals surface area contributed by atoms with E-state index in [0.29, 0.717) is 0 Å². The molecule has 21 heavy (non-hydrogen) atoms. The van der Waals surface area contributed by atoms with Crippen LogP contribution in [0.15, 0.2) is 30.3 Å². The van der Waals surface area contributed by atoms with E-state index in [1.165, 1.54) is 0 Å². The van der Waals surface area contributed by atoms with Gasteiger partial charge in [0.25, 0.3) is 0 Å². The first-order valence-electron chi connectivity index (χ1n) is 6.83. The number of alkyl carbamates (subject to hydrolysis) is 1. The van der Waals surface area contributed by atoms with Gasteiger partial charge in [-0.25, -0.2) is 4.79 Å². The fourth-order valence-electron chi connectivity index (χ4n) is 1.88. The third-order valence-corrected chi connectivity index (χ3v) is 2.86. The molecule has 1 aliphatic rings. The highest BCUT2D eigenvalue weighted by Crippen LogP contribution is 2.13. The molecule has 1 fully saturated rings. The van der Waals surface area contributed by atoms with E-state index in [1.54, 1.807) is 20.8 Å². The largest absolute Gasteiger partial charge is 0.491 e. The van der Waals surface area contributed by atoms with Crippen molar-refractivity contribution in [3.05, 3.63) is 30.3 Å². The molecular weight excluding hydrogens is 272 g/mol. The summed E-state index contributed by atoms with van der Waals surface area (Å²) in [5.41, 5.74) is -0.597. The van der Waals surface area contributed by atoms with E-state index in [1.807, 2.05) is 30.3 Å². The van der Waals surface area contributed by atoms with E-state index >= 15 is 0 Å². The number of ether oxygens (including phenoxy) is 2. The molecule has 1 heterocycles. The topological polar surface area (TPSA) is 76.7 Å². The summed E-state index contributed by atoms with van der Waals surface area (Å²) in [5, 5.41) is 5.25. The minimum atomic E-state index is -0.622. The quantitative estimate of drug-likeness (QED) is 0.824. The highest BCUT2D eigenvalue weighted by Gasteiger charge is 2.41. The van der Waals surface area contributed by atoms with Crippen LogP contribution in [-0.2, 0) is 9.53 Å². The van der Waals surface area contributed by atoms with E-state index in [2.05, 4.69) is 10.6 Å². The lowest BCUT2D eigenvalue weighted by Crippen LogP contribution is -2.71. The summed E-state index contributed by atoms with van der Waals surface area (Å²) in [4.78, 5) is 23.2. The second kappa shape index (κ2) is 6.03. The van der Waals surface area contributed by atoms with Crippen LogP contribution in [0.3, 0.4) is 0 Å². The average molecular weight is 292 g/mol. The van der Waals surface area contributed by atoms with Crippen LogP contribution in [0.5, 0.6) is 5.75 Å². The molecule has 0 bridgehead atoms. The molecule has 0 saturated carbocycles. The first kappa shape index (κ1) is 15.2. The first-order chi connectivity index (χ1) is 9.85. The Balaban J connectivity index is 1.82. The third kappa shape index (κ3) is 4.37. The van der Waals surface area contributed by atoms with Gasteiger partial charge in [-0.3, -0.25) is 4.79 Å². The normalized spacial score (nSPS) is 21.0. The minimum absolute atomic E-state index is 0.234. The SMILES string of the molecule is CC(C)(C)OC(=O)NC1C(=O)NC1COc1ccccc1. The molecule has 0 aliphatic carbocycles. The van der Waals surface area contributed by atoms with Crippen molar-refractivity contribution in [2.75, 3.05) is 6.61 Å². The van der Waals surface area contributed by atoms with Crippen LogP contribution in [-0.4, -0.2) is 36.3 Å². The molecule has 2 N–H and O–H groups in total. The summed E-state index contributed by atoms with van der Waals surface area (Å²) < 4.78 is 10.7. The molecule has 2 atom stereocenters. The van der Waals surface area contributed by atoms with Crippen LogP contribution >= 0.6 is 0 Å². The maximum atomic E-state index is 11.7. The van der Waals surface area contributed by atoms with Gasteiger partial charge in [-0.2, -0.15) is 0 Å². The molecule has 6 nitrogen and oxygen atoms in total. The molecule has 1 aromatic carbocycles. The molecular formula is C15H20N2O4. The molecule has 1 aliphatic heterocycles. The summed E-state index contributed by atoms with van der Waals surface area (Å²) in [6.07, 6.45) is -0.605. The first-order valence-corrected chi connectivity index (χ1v) is 6.83. The summed E-state index contributed by atoms with van der Waals surface area (Å²) >= 11 is 0. The number of rotatable bonds is 4. The fourth-order valence-corrected chi connectivity index (χ4v) is 1.88. The van der Waals surface area contributed by atoms with Crippen molar-refractivity contribution in [3.8, 4) is 5.75 Å². The Morgan fingerprint density at radius 3 is 2.52 bits per heavy atom. The summed E-state index contributed by atoms with van der Waals surface area (Å²) in [6, 6.07) is 8.41. The van der Waals surface area contributed by atoms with Crippen molar-refractivity contribution in [2.24, 2.45) is 0 Å². The van der Waals surface area contributed by atoms with Crippen molar-refractivity contribution >= 4 is 12.0 Å². The van der Waals surface area contributed by atoms with Gasteiger partial charge < -0.3 is 20.1 Å². The average Bonchev–Trinajstić information content (AvgIpc) is 2.40. The number of benzene rings is 1. The maximum Gasteiger partial charge on any atom is 0.408 e. The Morgan fingerprint density at radius 2 is 1.95 bits per heavy atom. The van der Waals surface area contributed by atoms with Crippen molar-refractivity contribution in [3.63, 3.8) is 0 Å². The molecule has 0 radical (unpaired) electrons. The van der Waals surface area contributed by atoms with Gasteiger partial charge in [-0.1, -0.05) is 18.2 Å². The van der Waals surface area contributed by atoms with Crippen molar-refractivity contribution in [2.45, 2.75) is 38.5 Å². The fraction of sp³-hybridized carbons (Fsp3) is 0.467. The molecule has 2 unspecified atom stereocenters. The molecule has 2 amide bonds. The van der Waals surface area contributed by atoms with Gasteiger partial charge in [0.2, 0.25) is 5.91 Å². The van der Waals surface area contributed by atoms with Gasteiger partial charge in [0, 0.05) is 0 Å². The van der Waals surface area contributed by atoms with Crippen molar-refractivity contribution in [1.82, 2.24) is 10.6 Å². The second-order valence-corrected chi connectivity index (χ2v) is 5.86. The molecule has 0 spiro atoms. The predicted octanol–water partition coefficient (Wildman–Crippen LogP) is 1.46. The molecule has 2 rings (SSSR count). The lowest BCUT2D eigenvalue weighted by molar-refractivity contribution is -0.132. The number of para-hydroxylation sites is 1. The molecule has 114 valence electrons. The van der Waals surface area contributed by atoms with Crippen LogP contribution in [0.4, 0.5) is 4.79 Å². The van der Waals surface area contributed by atoms with Gasteiger partial charge in [0.1, 0.15) is 24.0 Å². The minimum Gasteiger partial charge on any atom is -0.491 e. The van der Waals surface area contributed by atoms with Gasteiger partial charge in [0.05, 0.1) is 6.04 Å². The van der Waals surface area contributed by atoms with Crippen LogP contribution in [0, 0.1) is 0 Å². The Labute approximate surface area is 123 Å². The number of carbonyl (C=O) groups excluding carboxylic acids is 2. The molecule has 6 heteroatoms. The van der Waals surface area contributed by atoms with Crippen molar-refractivity contribution in [1.29, 1.82) is 0 Å². The Hall–Kier alpha value is -2.24. The lowest BCUT2D eigenvalue weighted by Gasteiger charge is -2.37. The van der Waals surface area contributed by atoms with E-state index in [-0.39, 0.29) is 18.6 Å². The van der Waals surface area contributed by atoms with Gasteiger partial charge in [-0.15, -0.1) is 0 Å². The van der Waals surface area contributed by atoms with E-state index in [4.69, 9.17) is 9.47 Å². The van der Waals surface area contributed by atoms with Crippen LogP contribution in [0.25, 0.3) is 0 Å². The molecule has 1 saturated heterocycles. The van der Waals surface area contributed by atoms with Crippen LogP contribution < -0.4 is 15.4 Å². The van der Waals surface area contributed by atoms with E-state index < -0.39 is 17.7 Å². The Kier molecular flexibility index (Phi) is 4.35. The van der Waals surface area contributed by atoms with Gasteiger partial charge >= 0.3 is 6.09 Å². The number of hydrogen-bond donors (Lipinski definition) is 2. The number of carbonyl (C=O) groups is 2. The number of β-lactam (4-membered cyclic amide) rings is 1. The highest BCUT2D eigenvalue weighted by atomic mass is 16.6. The number of hydrogen-bond acceptors (Lipinski definition) is 4. The summed E-state index contributed by atoms with van der Waals surface area (Å²) in [6.45, 7) is 5.59. The van der Waals surface area contributed by atoms with Gasteiger partial charge in [0.15, 0.2) is 0 Å². The lowest BCUT2D eigenvalue weighted by atomic mass is 10.0. The van der Waals surface area contributed by atoms with E-state index in [0.717, 1.165) is 5.75 Å². The van der Waals surface area contributed by atoms with Crippen molar-refractivity contribution < 1.29 is 19.1 Å². The van der Waals surface area contributed by atoms with Gasteiger partial charge in [-0.05, 0) is 32.9 Å². The Morgan fingerprint density at radius 1 is 1.29 bits per heavy atom. The van der Waals surface area contributed by atoms with Crippen LogP contribution in [0.1, 0.15) is 20.8 Å². The standard InChI is InChI=1S/C15H20N2O4/c1-15(2,3)21-14(19)17-12-11(16-13(12)18)9-20-10-7-5-4-6-8-10/h4-8,11-12H,9H2,1-3H3,(H,16,18)(H,17,19). The zero-order chi connectivity index (χ0) is 15.5. The smallest absolute Gasteiger partial charge is 0.408 e. The maximum absolute atomic E-state index is 11.7. The Bertz CT molecular complexity index is 510. The number of nitrogens with one attached hydrogen (secondary N) is 2. The zero-order valence-corrected chi connectivity index (χ0v) is 12.4. The highest BCUT2D eigenvalue weighted by molar-refractivity contribution is 5.92. The third-order valence-electron chi connectivity index (χ3n) is 2.86. The monoisotopic (exact) mass is 292 g/mol. The summed E-state index contributed by atoms with van der Waals surface area (Å²) in [5.74, 6) is 0.484. The van der Waals surface area contributed by atoms with Crippen LogP contribution in [0.2, 0.25) is 0 Å². The number of amides is 2. The van der Waals surface area contributed by atoms with E-state index in [9.17, 15) is 9.59 Å². The summed E-state index contributed by atoms with van der Waals surface area (Å²) in [7, 11) is 0. The second-order valence-electron chi connectivity index (χ2n) is 5.86.